The highest BCUT2D eigenvalue weighted by Gasteiger charge is 2.23. The fraction of sp³-hybridized carbons (Fsp3) is 0.706. The molecule has 2 amide bonds. The molecular formula is C17H30N2O5. The molecule has 0 aromatic carbocycles. The van der Waals surface area contributed by atoms with Gasteiger partial charge >= 0.3 is 18.0 Å². The summed E-state index contributed by atoms with van der Waals surface area (Å²) in [4.78, 5) is 38.7. The zero-order valence-corrected chi connectivity index (χ0v) is 15.6. The van der Waals surface area contributed by atoms with E-state index in [1.54, 1.807) is 23.6 Å². The Balaban J connectivity index is 4.51. The molecule has 0 spiro atoms. The summed E-state index contributed by atoms with van der Waals surface area (Å²) in [5, 5.41) is 0. The number of nitrogens with zero attached hydrogens (tertiary/aromatic N) is 2. The van der Waals surface area contributed by atoms with Gasteiger partial charge in [0.25, 0.3) is 0 Å². The van der Waals surface area contributed by atoms with E-state index in [1.807, 2.05) is 27.7 Å². The lowest BCUT2D eigenvalue weighted by Gasteiger charge is -2.32. The number of carbonyl (C=O) groups is 3. The summed E-state index contributed by atoms with van der Waals surface area (Å²) < 4.78 is 9.97. The van der Waals surface area contributed by atoms with Gasteiger partial charge in [-0.05, 0) is 41.5 Å². The number of carbonyl (C=O) groups excluding carboxylic acids is 3. The van der Waals surface area contributed by atoms with Crippen molar-refractivity contribution in [1.29, 1.82) is 0 Å². The van der Waals surface area contributed by atoms with E-state index in [0.29, 0.717) is 19.6 Å². The van der Waals surface area contributed by atoms with Crippen LogP contribution in [0.5, 0.6) is 0 Å². The molecule has 138 valence electrons. The summed E-state index contributed by atoms with van der Waals surface area (Å²) in [6.45, 7) is 12.8. The van der Waals surface area contributed by atoms with Crippen LogP contribution in [-0.4, -0.2) is 66.2 Å². The number of urea groups is 1. The molecule has 0 heterocycles. The molecule has 0 aliphatic carbocycles. The Morgan fingerprint density at radius 3 is 1.92 bits per heavy atom. The highest BCUT2D eigenvalue weighted by molar-refractivity contribution is 5.91. The van der Waals surface area contributed by atoms with Crippen LogP contribution in [0.15, 0.2) is 12.2 Å². The van der Waals surface area contributed by atoms with Crippen molar-refractivity contribution in [2.24, 2.45) is 0 Å². The highest BCUT2D eigenvalue weighted by Crippen LogP contribution is 2.06. The minimum atomic E-state index is -0.645. The van der Waals surface area contributed by atoms with Crippen molar-refractivity contribution in [2.75, 3.05) is 26.2 Å². The Morgan fingerprint density at radius 2 is 1.46 bits per heavy atom. The van der Waals surface area contributed by atoms with Crippen LogP contribution >= 0.6 is 0 Å². The van der Waals surface area contributed by atoms with Crippen molar-refractivity contribution < 1.29 is 23.9 Å². The third-order valence-electron chi connectivity index (χ3n) is 3.33. The molecule has 0 saturated carbocycles. The van der Waals surface area contributed by atoms with Crippen LogP contribution in [0.2, 0.25) is 0 Å². The zero-order chi connectivity index (χ0) is 18.7. The minimum Gasteiger partial charge on any atom is -0.460 e. The first kappa shape index (κ1) is 21.9. The number of ether oxygens (including phenoxy) is 2. The van der Waals surface area contributed by atoms with Crippen LogP contribution in [0, 0.1) is 0 Å². The van der Waals surface area contributed by atoms with E-state index in [2.05, 4.69) is 0 Å². The Morgan fingerprint density at radius 1 is 0.917 bits per heavy atom. The summed E-state index contributed by atoms with van der Waals surface area (Å²) in [5.74, 6) is -1.24. The third kappa shape index (κ3) is 7.99. The smallest absolute Gasteiger partial charge is 0.331 e. The Bertz CT molecular complexity index is 444. The molecule has 7 nitrogen and oxygen atoms in total. The number of hydrogen-bond donors (Lipinski definition) is 0. The Labute approximate surface area is 144 Å². The van der Waals surface area contributed by atoms with Gasteiger partial charge < -0.3 is 19.3 Å². The molecule has 0 rings (SSSR count). The fourth-order valence-electron chi connectivity index (χ4n) is 2.06. The predicted molar refractivity (Wildman–Crippen MR) is 91.5 cm³/mol. The van der Waals surface area contributed by atoms with Crippen LogP contribution in [0.1, 0.15) is 41.5 Å². The summed E-state index contributed by atoms with van der Waals surface area (Å²) in [5.41, 5.74) is 0. The molecule has 0 bridgehead atoms. The van der Waals surface area contributed by atoms with Crippen molar-refractivity contribution in [2.45, 2.75) is 53.7 Å². The molecule has 0 aliphatic heterocycles. The second-order valence-electron chi connectivity index (χ2n) is 5.54. The van der Waals surface area contributed by atoms with Crippen molar-refractivity contribution in [1.82, 2.24) is 9.80 Å². The average Bonchev–Trinajstić information content (AvgIpc) is 2.52. The predicted octanol–water partition coefficient (Wildman–Crippen LogP) is 2.21. The van der Waals surface area contributed by atoms with Gasteiger partial charge in [-0.15, -0.1) is 0 Å². The van der Waals surface area contributed by atoms with Gasteiger partial charge in [0, 0.05) is 31.8 Å². The number of likely N-dealkylation sites (N-methyl/N-ethyl adjacent to an activating group) is 1. The van der Waals surface area contributed by atoms with Gasteiger partial charge in [0.2, 0.25) is 0 Å². The zero-order valence-electron chi connectivity index (χ0n) is 15.6. The molecule has 7 heteroatoms. The van der Waals surface area contributed by atoms with Crippen LogP contribution < -0.4 is 0 Å². The van der Waals surface area contributed by atoms with Crippen molar-refractivity contribution in [3.8, 4) is 0 Å². The van der Waals surface area contributed by atoms with Crippen molar-refractivity contribution in [3.05, 3.63) is 12.2 Å². The summed E-state index contributed by atoms with van der Waals surface area (Å²) in [6, 6.07) is -0.342. The molecule has 0 fully saturated rings. The molecule has 0 radical (unpaired) electrons. The van der Waals surface area contributed by atoms with Crippen LogP contribution in [0.4, 0.5) is 4.79 Å². The molecule has 0 saturated heterocycles. The van der Waals surface area contributed by atoms with Gasteiger partial charge in [0.15, 0.2) is 0 Å². The molecular weight excluding hydrogens is 312 g/mol. The topological polar surface area (TPSA) is 76.2 Å². The maximum Gasteiger partial charge on any atom is 0.331 e. The monoisotopic (exact) mass is 342 g/mol. The minimum absolute atomic E-state index is 0.0588. The largest absolute Gasteiger partial charge is 0.460 e. The SMILES string of the molecule is CCN(CC)C(=O)N(CC)[C@H](C)COC(=O)/C=C/C(=O)OC(C)C. The van der Waals surface area contributed by atoms with Crippen LogP contribution in [0.25, 0.3) is 0 Å². The molecule has 0 unspecified atom stereocenters. The van der Waals surface area contributed by atoms with E-state index >= 15 is 0 Å². The van der Waals surface area contributed by atoms with Crippen LogP contribution in [0.3, 0.4) is 0 Å². The van der Waals surface area contributed by atoms with Gasteiger partial charge in [0.05, 0.1) is 12.1 Å². The lowest BCUT2D eigenvalue weighted by atomic mass is 10.3. The second-order valence-corrected chi connectivity index (χ2v) is 5.54. The number of hydrogen-bond acceptors (Lipinski definition) is 5. The van der Waals surface area contributed by atoms with Crippen molar-refractivity contribution in [3.63, 3.8) is 0 Å². The molecule has 24 heavy (non-hydrogen) atoms. The van der Waals surface area contributed by atoms with E-state index in [-0.39, 0.29) is 24.8 Å². The number of amides is 2. The van der Waals surface area contributed by atoms with Crippen molar-refractivity contribution >= 4 is 18.0 Å². The lowest BCUT2D eigenvalue weighted by Crippen LogP contribution is -2.48. The summed E-state index contributed by atoms with van der Waals surface area (Å²) in [7, 11) is 0. The van der Waals surface area contributed by atoms with Crippen LogP contribution in [-0.2, 0) is 19.1 Å². The Kier molecular flexibility index (Phi) is 10.5. The van der Waals surface area contributed by atoms with Gasteiger partial charge in [-0.3, -0.25) is 0 Å². The van der Waals surface area contributed by atoms with Gasteiger partial charge in [-0.25, -0.2) is 14.4 Å². The lowest BCUT2D eigenvalue weighted by molar-refractivity contribution is -0.143. The molecule has 0 aliphatic rings. The molecule has 1 atom stereocenters. The van der Waals surface area contributed by atoms with E-state index < -0.39 is 11.9 Å². The second kappa shape index (κ2) is 11.5. The third-order valence-corrected chi connectivity index (χ3v) is 3.33. The molecule has 0 aromatic heterocycles. The quantitative estimate of drug-likeness (QED) is 0.474. The van der Waals surface area contributed by atoms with E-state index in [4.69, 9.17) is 9.47 Å². The summed E-state index contributed by atoms with van der Waals surface area (Å²) in [6.07, 6.45) is 1.81. The number of rotatable bonds is 9. The summed E-state index contributed by atoms with van der Waals surface area (Å²) >= 11 is 0. The first-order valence-corrected chi connectivity index (χ1v) is 8.37. The maximum absolute atomic E-state index is 12.4. The maximum atomic E-state index is 12.4. The molecule has 0 aromatic rings. The normalized spacial score (nSPS) is 12.1. The average molecular weight is 342 g/mol. The van der Waals surface area contributed by atoms with Gasteiger partial charge in [-0.2, -0.15) is 0 Å². The number of esters is 2. The standard InChI is InChI=1S/C17H30N2O5/c1-7-18(8-2)17(22)19(9-3)14(6)12-23-15(20)10-11-16(21)24-13(4)5/h10-11,13-14H,7-9,12H2,1-6H3/b11-10+/t14-/m1/s1. The van der Waals surface area contributed by atoms with Gasteiger partial charge in [0.1, 0.15) is 6.61 Å². The fourth-order valence-corrected chi connectivity index (χ4v) is 2.06. The van der Waals surface area contributed by atoms with E-state index in [1.165, 1.54) is 0 Å². The van der Waals surface area contributed by atoms with E-state index in [0.717, 1.165) is 12.2 Å². The van der Waals surface area contributed by atoms with E-state index in [9.17, 15) is 14.4 Å². The first-order chi connectivity index (χ1) is 11.3. The first-order valence-electron chi connectivity index (χ1n) is 8.37. The Hall–Kier alpha value is -2.05. The molecule has 0 N–H and O–H groups in total. The van der Waals surface area contributed by atoms with Gasteiger partial charge in [-0.1, -0.05) is 0 Å². The highest BCUT2D eigenvalue weighted by atomic mass is 16.5.